The lowest BCUT2D eigenvalue weighted by atomic mass is 9.89. The smallest absolute Gasteiger partial charge is 0.119 e. The predicted octanol–water partition coefficient (Wildman–Crippen LogP) is 3.32. The van der Waals surface area contributed by atoms with Gasteiger partial charge in [-0.25, -0.2) is 0 Å². The zero-order chi connectivity index (χ0) is 14.8. The lowest BCUT2D eigenvalue weighted by molar-refractivity contribution is 0.220. The first-order chi connectivity index (χ1) is 9.43. The van der Waals surface area contributed by atoms with E-state index >= 15 is 0 Å². The fourth-order valence-corrected chi connectivity index (χ4v) is 2.87. The minimum atomic E-state index is -0.718. The highest BCUT2D eigenvalue weighted by molar-refractivity contribution is 7.05. The SMILES string of the molecule is CCOc1cccc(C(O)c2snnc2C(C)(C)C)c1. The third-order valence-electron chi connectivity index (χ3n) is 2.96. The van der Waals surface area contributed by atoms with Crippen LogP contribution < -0.4 is 4.74 Å². The van der Waals surface area contributed by atoms with Gasteiger partial charge in [0.15, 0.2) is 0 Å². The molecule has 1 heterocycles. The molecular formula is C15H20N2O2S. The van der Waals surface area contributed by atoms with Gasteiger partial charge >= 0.3 is 0 Å². The summed E-state index contributed by atoms with van der Waals surface area (Å²) in [5, 5.41) is 14.8. The molecule has 0 aliphatic carbocycles. The molecule has 108 valence electrons. The average molecular weight is 292 g/mol. The largest absolute Gasteiger partial charge is 0.494 e. The second-order valence-corrected chi connectivity index (χ2v) is 6.43. The van der Waals surface area contributed by atoms with Crippen LogP contribution in [0.4, 0.5) is 0 Å². The molecule has 2 rings (SSSR count). The van der Waals surface area contributed by atoms with Gasteiger partial charge in [-0.15, -0.1) is 5.10 Å². The van der Waals surface area contributed by atoms with Crippen molar-refractivity contribution < 1.29 is 9.84 Å². The van der Waals surface area contributed by atoms with Crippen LogP contribution in [0, 0.1) is 0 Å². The second-order valence-electron chi connectivity index (χ2n) is 5.64. The maximum Gasteiger partial charge on any atom is 0.119 e. The van der Waals surface area contributed by atoms with Crippen molar-refractivity contribution >= 4 is 11.5 Å². The molecule has 4 nitrogen and oxygen atoms in total. The third kappa shape index (κ3) is 3.16. The zero-order valence-corrected chi connectivity index (χ0v) is 13.1. The van der Waals surface area contributed by atoms with E-state index in [0.29, 0.717) is 6.61 Å². The Bertz CT molecular complexity index is 575. The van der Waals surface area contributed by atoms with E-state index in [1.165, 1.54) is 11.5 Å². The van der Waals surface area contributed by atoms with E-state index < -0.39 is 6.10 Å². The van der Waals surface area contributed by atoms with E-state index in [2.05, 4.69) is 30.4 Å². The highest BCUT2D eigenvalue weighted by atomic mass is 32.1. The Morgan fingerprint density at radius 3 is 2.75 bits per heavy atom. The molecule has 0 saturated heterocycles. The lowest BCUT2D eigenvalue weighted by Gasteiger charge is -2.19. The molecule has 1 aromatic carbocycles. The number of hydrogen-bond donors (Lipinski definition) is 1. The summed E-state index contributed by atoms with van der Waals surface area (Å²) in [4.78, 5) is 0.797. The summed E-state index contributed by atoms with van der Waals surface area (Å²) in [6, 6.07) is 7.52. The second kappa shape index (κ2) is 5.89. The fourth-order valence-electron chi connectivity index (χ4n) is 1.99. The molecule has 1 atom stereocenters. The summed E-state index contributed by atoms with van der Waals surface area (Å²) in [5.41, 5.74) is 1.50. The number of hydrogen-bond acceptors (Lipinski definition) is 5. The highest BCUT2D eigenvalue weighted by Crippen LogP contribution is 2.34. The topological polar surface area (TPSA) is 55.2 Å². The van der Waals surface area contributed by atoms with Crippen molar-refractivity contribution in [3.05, 3.63) is 40.4 Å². The Morgan fingerprint density at radius 2 is 2.10 bits per heavy atom. The van der Waals surface area contributed by atoms with Crippen molar-refractivity contribution in [2.75, 3.05) is 6.61 Å². The minimum Gasteiger partial charge on any atom is -0.494 e. The van der Waals surface area contributed by atoms with Gasteiger partial charge in [0.2, 0.25) is 0 Å². The van der Waals surface area contributed by atoms with Crippen molar-refractivity contribution in [3.63, 3.8) is 0 Å². The van der Waals surface area contributed by atoms with E-state index in [1.807, 2.05) is 31.2 Å². The summed E-state index contributed by atoms with van der Waals surface area (Å²) in [6.07, 6.45) is -0.718. The fraction of sp³-hybridized carbons (Fsp3) is 0.467. The molecule has 0 bridgehead atoms. The number of rotatable bonds is 4. The van der Waals surface area contributed by atoms with Crippen LogP contribution in [0.1, 0.15) is 49.9 Å². The number of ether oxygens (including phenoxy) is 1. The van der Waals surface area contributed by atoms with Crippen LogP contribution in [-0.4, -0.2) is 21.3 Å². The molecule has 0 saturated carbocycles. The van der Waals surface area contributed by atoms with Crippen LogP contribution >= 0.6 is 11.5 Å². The van der Waals surface area contributed by atoms with Crippen molar-refractivity contribution in [1.82, 2.24) is 9.59 Å². The van der Waals surface area contributed by atoms with Gasteiger partial charge in [0, 0.05) is 5.41 Å². The van der Waals surface area contributed by atoms with Crippen molar-refractivity contribution in [2.45, 2.75) is 39.2 Å². The first kappa shape index (κ1) is 14.9. The Kier molecular flexibility index (Phi) is 4.40. The van der Waals surface area contributed by atoms with Gasteiger partial charge in [0.05, 0.1) is 17.2 Å². The maximum absolute atomic E-state index is 10.6. The minimum absolute atomic E-state index is 0.138. The molecule has 1 unspecified atom stereocenters. The summed E-state index contributed by atoms with van der Waals surface area (Å²) in [5.74, 6) is 0.763. The quantitative estimate of drug-likeness (QED) is 0.939. The standard InChI is InChI=1S/C15H20N2O2S/c1-5-19-11-8-6-7-10(9-11)12(18)13-14(15(2,3)4)16-17-20-13/h6-9,12,18H,5H2,1-4H3. The van der Waals surface area contributed by atoms with Gasteiger partial charge in [0.1, 0.15) is 11.9 Å². The molecule has 0 aliphatic rings. The number of benzene rings is 1. The van der Waals surface area contributed by atoms with Crippen LogP contribution in [-0.2, 0) is 5.41 Å². The molecule has 1 N–H and O–H groups in total. The summed E-state index contributed by atoms with van der Waals surface area (Å²) in [7, 11) is 0. The molecule has 0 fully saturated rings. The van der Waals surface area contributed by atoms with Crippen LogP contribution in [0.3, 0.4) is 0 Å². The normalized spacial score (nSPS) is 13.2. The average Bonchev–Trinajstić information content (AvgIpc) is 2.87. The molecule has 5 heteroatoms. The summed E-state index contributed by atoms with van der Waals surface area (Å²) >= 11 is 1.25. The Labute approximate surface area is 123 Å². The van der Waals surface area contributed by atoms with E-state index in [4.69, 9.17) is 4.74 Å². The molecule has 0 radical (unpaired) electrons. The Hall–Kier alpha value is -1.46. The van der Waals surface area contributed by atoms with E-state index in [9.17, 15) is 5.11 Å². The molecule has 2 aromatic rings. The summed E-state index contributed by atoms with van der Waals surface area (Å²) in [6.45, 7) is 8.74. The van der Waals surface area contributed by atoms with Crippen molar-refractivity contribution in [1.29, 1.82) is 0 Å². The van der Waals surface area contributed by atoms with Crippen LogP contribution in [0.15, 0.2) is 24.3 Å². The highest BCUT2D eigenvalue weighted by Gasteiger charge is 2.27. The van der Waals surface area contributed by atoms with Crippen LogP contribution in [0.5, 0.6) is 5.75 Å². The Morgan fingerprint density at radius 1 is 1.35 bits per heavy atom. The van der Waals surface area contributed by atoms with Gasteiger partial charge in [-0.1, -0.05) is 37.4 Å². The Balaban J connectivity index is 2.34. The van der Waals surface area contributed by atoms with Gasteiger partial charge in [-0.2, -0.15) is 0 Å². The van der Waals surface area contributed by atoms with Crippen LogP contribution in [0.25, 0.3) is 0 Å². The monoisotopic (exact) mass is 292 g/mol. The molecule has 20 heavy (non-hydrogen) atoms. The van der Waals surface area contributed by atoms with Gasteiger partial charge in [0.25, 0.3) is 0 Å². The number of aliphatic hydroxyl groups excluding tert-OH is 1. The van der Waals surface area contributed by atoms with Crippen LogP contribution in [0.2, 0.25) is 0 Å². The maximum atomic E-state index is 10.6. The van der Waals surface area contributed by atoms with Crippen molar-refractivity contribution in [2.24, 2.45) is 0 Å². The molecule has 0 aliphatic heterocycles. The predicted molar refractivity (Wildman–Crippen MR) is 80.3 cm³/mol. The molecule has 0 spiro atoms. The van der Waals surface area contributed by atoms with Gasteiger partial charge in [-0.05, 0) is 36.2 Å². The number of aromatic nitrogens is 2. The number of aliphatic hydroxyl groups is 1. The third-order valence-corrected chi connectivity index (χ3v) is 3.73. The molecular weight excluding hydrogens is 272 g/mol. The van der Waals surface area contributed by atoms with E-state index in [0.717, 1.165) is 21.9 Å². The molecule has 0 amide bonds. The van der Waals surface area contributed by atoms with Gasteiger partial charge < -0.3 is 9.84 Å². The van der Waals surface area contributed by atoms with Gasteiger partial charge in [-0.3, -0.25) is 0 Å². The first-order valence-corrected chi connectivity index (χ1v) is 7.44. The summed E-state index contributed by atoms with van der Waals surface area (Å²) < 4.78 is 9.47. The number of nitrogens with zero attached hydrogens (tertiary/aromatic N) is 2. The first-order valence-electron chi connectivity index (χ1n) is 6.67. The van der Waals surface area contributed by atoms with E-state index in [1.54, 1.807) is 0 Å². The van der Waals surface area contributed by atoms with Crippen molar-refractivity contribution in [3.8, 4) is 5.75 Å². The lowest BCUT2D eigenvalue weighted by Crippen LogP contribution is -2.16. The zero-order valence-electron chi connectivity index (χ0n) is 12.3. The van der Waals surface area contributed by atoms with E-state index in [-0.39, 0.29) is 5.41 Å². The molecule has 1 aromatic heterocycles.